The third-order valence-electron chi connectivity index (χ3n) is 4.52. The Morgan fingerprint density at radius 3 is 2.79 bits per heavy atom. The molecule has 2 heterocycles. The Labute approximate surface area is 180 Å². The van der Waals surface area contributed by atoms with Crippen LogP contribution in [0.5, 0.6) is 5.75 Å². The molecular formula is C20H17Cl2N3O3S. The van der Waals surface area contributed by atoms with E-state index in [1.807, 2.05) is 31.2 Å². The molecule has 0 saturated carbocycles. The molecule has 0 bridgehead atoms. The molecule has 6 nitrogen and oxygen atoms in total. The lowest BCUT2D eigenvalue weighted by Crippen LogP contribution is -2.23. The first kappa shape index (κ1) is 19.9. The van der Waals surface area contributed by atoms with Crippen molar-refractivity contribution in [2.45, 2.75) is 18.4 Å². The molecule has 0 saturated heterocycles. The summed E-state index contributed by atoms with van der Waals surface area (Å²) in [6.07, 6.45) is 0. The Balaban J connectivity index is 1.58. The second-order valence-corrected chi connectivity index (χ2v) is 8.91. The van der Waals surface area contributed by atoms with E-state index in [1.165, 1.54) is 0 Å². The van der Waals surface area contributed by atoms with E-state index >= 15 is 0 Å². The molecule has 0 aliphatic carbocycles. The smallest absolute Gasteiger partial charge is 0.263 e. The van der Waals surface area contributed by atoms with Crippen molar-refractivity contribution in [3.05, 3.63) is 69.3 Å². The molecule has 1 amide bonds. The highest BCUT2D eigenvalue weighted by Crippen LogP contribution is 2.32. The number of ether oxygens (including phenoxy) is 1. The van der Waals surface area contributed by atoms with Crippen molar-refractivity contribution in [1.82, 2.24) is 9.78 Å². The summed E-state index contributed by atoms with van der Waals surface area (Å²) in [6, 6.07) is 12.5. The van der Waals surface area contributed by atoms with Crippen LogP contribution in [0.15, 0.2) is 42.5 Å². The van der Waals surface area contributed by atoms with E-state index in [9.17, 15) is 9.00 Å². The normalized spacial score (nSPS) is 15.2. The topological polar surface area (TPSA) is 73.2 Å². The van der Waals surface area contributed by atoms with Crippen LogP contribution in [0.2, 0.25) is 10.0 Å². The zero-order chi connectivity index (χ0) is 20.5. The summed E-state index contributed by atoms with van der Waals surface area (Å²) in [5.41, 5.74) is 3.40. The fraction of sp³-hybridized carbons (Fsp3) is 0.200. The van der Waals surface area contributed by atoms with Gasteiger partial charge in [0.15, 0.2) is 6.61 Å². The van der Waals surface area contributed by atoms with Crippen LogP contribution in [0.25, 0.3) is 5.69 Å². The van der Waals surface area contributed by atoms with Crippen LogP contribution in [-0.2, 0) is 27.1 Å². The number of hydrogen-bond donors (Lipinski definition) is 1. The van der Waals surface area contributed by atoms with E-state index in [1.54, 1.807) is 22.9 Å². The number of fused-ring (bicyclic) bond motifs is 1. The minimum absolute atomic E-state index is 0.238. The Bertz CT molecular complexity index is 1130. The second kappa shape index (κ2) is 8.18. The number of rotatable bonds is 5. The maximum atomic E-state index is 12.6. The number of carbonyl (C=O) groups is 1. The van der Waals surface area contributed by atoms with E-state index < -0.39 is 10.8 Å². The molecule has 1 aliphatic rings. The Morgan fingerprint density at radius 1 is 1.24 bits per heavy atom. The number of anilines is 1. The summed E-state index contributed by atoms with van der Waals surface area (Å²) in [7, 11) is -1.01. The molecule has 0 unspecified atom stereocenters. The summed E-state index contributed by atoms with van der Waals surface area (Å²) in [6.45, 7) is 1.73. The van der Waals surface area contributed by atoms with Gasteiger partial charge in [0.2, 0.25) is 0 Å². The molecule has 0 fully saturated rings. The molecule has 0 spiro atoms. The van der Waals surface area contributed by atoms with Crippen LogP contribution in [-0.4, -0.2) is 26.5 Å². The molecule has 29 heavy (non-hydrogen) atoms. The van der Waals surface area contributed by atoms with Crippen LogP contribution in [0, 0.1) is 6.92 Å². The Kier molecular flexibility index (Phi) is 5.63. The van der Waals surface area contributed by atoms with Crippen LogP contribution >= 0.6 is 23.2 Å². The van der Waals surface area contributed by atoms with Crippen molar-refractivity contribution < 1.29 is 13.7 Å². The quantitative estimate of drug-likeness (QED) is 0.630. The average Bonchev–Trinajstić information content (AvgIpc) is 3.18. The minimum atomic E-state index is -1.01. The van der Waals surface area contributed by atoms with E-state index in [-0.39, 0.29) is 12.5 Å². The van der Waals surface area contributed by atoms with Gasteiger partial charge in [-0.1, -0.05) is 41.4 Å². The van der Waals surface area contributed by atoms with Crippen molar-refractivity contribution in [3.63, 3.8) is 0 Å². The number of aryl methyl sites for hydroxylation is 1. The predicted octanol–water partition coefficient (Wildman–Crippen LogP) is 4.27. The molecule has 4 rings (SSSR count). The Morgan fingerprint density at radius 2 is 2.03 bits per heavy atom. The van der Waals surface area contributed by atoms with E-state index in [0.717, 1.165) is 22.5 Å². The van der Waals surface area contributed by atoms with Gasteiger partial charge < -0.3 is 10.1 Å². The van der Waals surface area contributed by atoms with Gasteiger partial charge in [0.25, 0.3) is 5.91 Å². The fourth-order valence-corrected chi connectivity index (χ4v) is 4.86. The molecule has 1 atom stereocenters. The van der Waals surface area contributed by atoms with Gasteiger partial charge >= 0.3 is 0 Å². The van der Waals surface area contributed by atoms with E-state index in [2.05, 4.69) is 10.4 Å². The third-order valence-corrected chi connectivity index (χ3v) is 6.26. The van der Waals surface area contributed by atoms with Gasteiger partial charge in [-0.3, -0.25) is 9.00 Å². The number of para-hydroxylation sites is 1. The molecular weight excluding hydrogens is 433 g/mol. The van der Waals surface area contributed by atoms with E-state index in [0.29, 0.717) is 33.1 Å². The van der Waals surface area contributed by atoms with Crippen molar-refractivity contribution in [1.29, 1.82) is 0 Å². The van der Waals surface area contributed by atoms with Crippen LogP contribution in [0.3, 0.4) is 0 Å². The SMILES string of the molecule is Cc1ccccc1-n1nc2c(c1NC(=O)COc1ccc(Cl)cc1Cl)C[S@](=O)C2. The lowest BCUT2D eigenvalue weighted by molar-refractivity contribution is -0.118. The van der Waals surface area contributed by atoms with E-state index in [4.69, 9.17) is 27.9 Å². The van der Waals surface area contributed by atoms with Crippen molar-refractivity contribution >= 4 is 45.7 Å². The van der Waals surface area contributed by atoms with Gasteiger partial charge in [0, 0.05) is 21.4 Å². The molecule has 9 heteroatoms. The lowest BCUT2D eigenvalue weighted by atomic mass is 10.2. The van der Waals surface area contributed by atoms with Crippen LogP contribution in [0.1, 0.15) is 16.8 Å². The number of nitrogens with one attached hydrogen (secondary N) is 1. The molecule has 1 aliphatic heterocycles. The molecule has 1 aromatic heterocycles. The number of aromatic nitrogens is 2. The highest BCUT2D eigenvalue weighted by Gasteiger charge is 2.28. The maximum absolute atomic E-state index is 12.6. The zero-order valence-electron chi connectivity index (χ0n) is 15.4. The first-order valence-corrected chi connectivity index (χ1v) is 11.1. The number of hydrogen-bond acceptors (Lipinski definition) is 4. The number of benzene rings is 2. The summed E-state index contributed by atoms with van der Waals surface area (Å²) in [4.78, 5) is 12.6. The maximum Gasteiger partial charge on any atom is 0.263 e. The monoisotopic (exact) mass is 449 g/mol. The molecule has 3 aromatic rings. The summed E-state index contributed by atoms with van der Waals surface area (Å²) < 4.78 is 19.2. The largest absolute Gasteiger partial charge is 0.482 e. The number of amides is 1. The lowest BCUT2D eigenvalue weighted by Gasteiger charge is -2.13. The number of carbonyl (C=O) groups excluding carboxylic acids is 1. The highest BCUT2D eigenvalue weighted by atomic mass is 35.5. The van der Waals surface area contributed by atoms with Crippen molar-refractivity contribution in [3.8, 4) is 11.4 Å². The number of halogens is 2. The predicted molar refractivity (Wildman–Crippen MR) is 114 cm³/mol. The minimum Gasteiger partial charge on any atom is -0.482 e. The van der Waals surface area contributed by atoms with Gasteiger partial charge in [0.05, 0.1) is 27.9 Å². The second-order valence-electron chi connectivity index (χ2n) is 6.61. The molecule has 1 N–H and O–H groups in total. The van der Waals surface area contributed by atoms with Crippen LogP contribution in [0.4, 0.5) is 5.82 Å². The van der Waals surface area contributed by atoms with Gasteiger partial charge in [-0.2, -0.15) is 5.10 Å². The fourth-order valence-electron chi connectivity index (χ4n) is 3.14. The standard InChI is InChI=1S/C20H17Cl2N3O3S/c1-12-4-2-3-5-17(12)25-20(14-10-29(27)11-16(14)24-25)23-19(26)9-28-18-7-6-13(21)8-15(18)22/h2-8H,9-11H2,1H3,(H,23,26)/t29-/m0/s1. The van der Waals surface area contributed by atoms with Gasteiger partial charge in [-0.25, -0.2) is 4.68 Å². The summed E-state index contributed by atoms with van der Waals surface area (Å²) in [5, 5.41) is 8.28. The molecule has 2 aromatic carbocycles. The van der Waals surface area contributed by atoms with Gasteiger partial charge in [-0.15, -0.1) is 0 Å². The summed E-state index contributed by atoms with van der Waals surface area (Å²) in [5.74, 6) is 1.27. The molecule has 150 valence electrons. The number of nitrogens with zero attached hydrogens (tertiary/aromatic N) is 2. The first-order valence-electron chi connectivity index (χ1n) is 8.82. The summed E-state index contributed by atoms with van der Waals surface area (Å²) >= 11 is 12.0. The average molecular weight is 450 g/mol. The Hall–Kier alpha value is -2.35. The zero-order valence-corrected chi connectivity index (χ0v) is 17.8. The highest BCUT2D eigenvalue weighted by molar-refractivity contribution is 7.83. The molecule has 0 radical (unpaired) electrons. The van der Waals surface area contributed by atoms with Gasteiger partial charge in [0.1, 0.15) is 11.6 Å². The van der Waals surface area contributed by atoms with Crippen molar-refractivity contribution in [2.24, 2.45) is 0 Å². The third kappa shape index (κ3) is 4.17. The van der Waals surface area contributed by atoms with Crippen LogP contribution < -0.4 is 10.1 Å². The first-order chi connectivity index (χ1) is 13.9. The van der Waals surface area contributed by atoms with Gasteiger partial charge in [-0.05, 0) is 36.8 Å². The van der Waals surface area contributed by atoms with Crippen molar-refractivity contribution in [2.75, 3.05) is 11.9 Å².